The lowest BCUT2D eigenvalue weighted by molar-refractivity contribution is -0.136. The fraction of sp³-hybridized carbons (Fsp3) is 0.536. The van der Waals surface area contributed by atoms with Crippen molar-refractivity contribution >= 4 is 5.91 Å². The number of nitrogens with zero attached hydrogens (tertiary/aromatic N) is 2. The monoisotopic (exact) mass is 452 g/mol. The molecule has 2 aromatic carbocycles. The van der Waals surface area contributed by atoms with Gasteiger partial charge in [0.05, 0.1) is 14.2 Å². The number of amides is 1. The van der Waals surface area contributed by atoms with Crippen molar-refractivity contribution in [2.45, 2.75) is 53.1 Å². The van der Waals surface area contributed by atoms with Crippen LogP contribution in [0.5, 0.6) is 11.5 Å². The Morgan fingerprint density at radius 2 is 1.61 bits per heavy atom. The van der Waals surface area contributed by atoms with E-state index in [9.17, 15) is 4.79 Å². The third kappa shape index (κ3) is 6.29. The Kier molecular flexibility index (Phi) is 8.41. The number of benzene rings is 2. The van der Waals surface area contributed by atoms with Gasteiger partial charge < -0.3 is 14.4 Å². The molecule has 0 N–H and O–H groups in total. The van der Waals surface area contributed by atoms with Gasteiger partial charge >= 0.3 is 0 Å². The Bertz CT molecular complexity index is 901. The molecule has 1 fully saturated rings. The molecule has 0 radical (unpaired) electrons. The summed E-state index contributed by atoms with van der Waals surface area (Å²) in [5.41, 5.74) is 3.80. The van der Waals surface area contributed by atoms with E-state index in [0.29, 0.717) is 11.8 Å². The standard InChI is InChI=1S/C28H40N2O3/c1-19(2)28(31)30(20(3)4)17-24-16-29(18-27(24)23-10-8-21(5)9-11-23)15-22-12-25(32-6)14-26(13-22)33-7/h8-14,19-20,24,27H,15-18H2,1-7H3/t24-,27-/m1/s1. The number of methoxy groups -OCH3 is 2. The van der Waals surface area contributed by atoms with Crippen molar-refractivity contribution in [3.8, 4) is 11.5 Å². The number of carbonyl (C=O) groups is 1. The van der Waals surface area contributed by atoms with Crippen molar-refractivity contribution in [3.05, 3.63) is 59.2 Å². The summed E-state index contributed by atoms with van der Waals surface area (Å²) in [5, 5.41) is 0. The largest absolute Gasteiger partial charge is 0.497 e. The number of rotatable bonds is 9. The highest BCUT2D eigenvalue weighted by molar-refractivity contribution is 5.78. The number of carbonyl (C=O) groups excluding carboxylic acids is 1. The molecule has 33 heavy (non-hydrogen) atoms. The maximum absolute atomic E-state index is 13.0. The molecule has 2 aromatic rings. The van der Waals surface area contributed by atoms with Crippen LogP contribution in [0.3, 0.4) is 0 Å². The van der Waals surface area contributed by atoms with E-state index in [4.69, 9.17) is 9.47 Å². The fourth-order valence-electron chi connectivity index (χ4n) is 4.82. The van der Waals surface area contributed by atoms with Crippen LogP contribution in [0.1, 0.15) is 50.3 Å². The average Bonchev–Trinajstić information content (AvgIpc) is 3.18. The van der Waals surface area contributed by atoms with E-state index in [-0.39, 0.29) is 17.9 Å². The molecule has 1 saturated heterocycles. The summed E-state index contributed by atoms with van der Waals surface area (Å²) in [6.07, 6.45) is 0. The normalized spacial score (nSPS) is 18.7. The summed E-state index contributed by atoms with van der Waals surface area (Å²) in [7, 11) is 3.37. The Morgan fingerprint density at radius 1 is 1.00 bits per heavy atom. The van der Waals surface area contributed by atoms with Crippen LogP contribution in [0.4, 0.5) is 0 Å². The van der Waals surface area contributed by atoms with Crippen molar-refractivity contribution in [3.63, 3.8) is 0 Å². The topological polar surface area (TPSA) is 42.0 Å². The molecule has 0 bridgehead atoms. The zero-order chi connectivity index (χ0) is 24.1. The van der Waals surface area contributed by atoms with Crippen LogP contribution in [0.25, 0.3) is 0 Å². The van der Waals surface area contributed by atoms with Crippen molar-refractivity contribution in [1.29, 1.82) is 0 Å². The highest BCUT2D eigenvalue weighted by atomic mass is 16.5. The Morgan fingerprint density at radius 3 is 2.12 bits per heavy atom. The highest BCUT2D eigenvalue weighted by Gasteiger charge is 2.36. The van der Waals surface area contributed by atoms with Crippen LogP contribution >= 0.6 is 0 Å². The zero-order valence-electron chi connectivity index (χ0n) is 21.3. The summed E-state index contributed by atoms with van der Waals surface area (Å²) in [6, 6.07) is 15.2. The van der Waals surface area contributed by atoms with E-state index in [2.05, 4.69) is 67.0 Å². The second-order valence-electron chi connectivity index (χ2n) is 9.93. The van der Waals surface area contributed by atoms with Gasteiger partial charge in [0.2, 0.25) is 5.91 Å². The fourth-order valence-corrected chi connectivity index (χ4v) is 4.82. The molecule has 1 heterocycles. The van der Waals surface area contributed by atoms with Gasteiger partial charge in [-0.25, -0.2) is 0 Å². The van der Waals surface area contributed by atoms with Crippen molar-refractivity contribution in [2.24, 2.45) is 11.8 Å². The van der Waals surface area contributed by atoms with Gasteiger partial charge in [-0.1, -0.05) is 43.7 Å². The van der Waals surface area contributed by atoms with E-state index in [1.165, 1.54) is 16.7 Å². The molecule has 0 aliphatic carbocycles. The molecule has 0 aromatic heterocycles. The maximum atomic E-state index is 13.0. The van der Waals surface area contributed by atoms with Gasteiger partial charge in [-0.2, -0.15) is 0 Å². The van der Waals surface area contributed by atoms with Gasteiger partial charge in [0, 0.05) is 50.1 Å². The number of hydrogen-bond acceptors (Lipinski definition) is 4. The van der Waals surface area contributed by atoms with Gasteiger partial charge in [0.25, 0.3) is 0 Å². The first-order chi connectivity index (χ1) is 15.7. The SMILES string of the molecule is COc1cc(CN2C[C@H](CN(C(=O)C(C)C)C(C)C)[C@@H](c3ccc(C)cc3)C2)cc(OC)c1. The minimum atomic E-state index is 0.00646. The van der Waals surface area contributed by atoms with Crippen LogP contribution < -0.4 is 9.47 Å². The summed E-state index contributed by atoms with van der Waals surface area (Å²) in [5.74, 6) is 2.63. The number of likely N-dealkylation sites (tertiary alicyclic amines) is 1. The molecular weight excluding hydrogens is 412 g/mol. The highest BCUT2D eigenvalue weighted by Crippen LogP contribution is 2.35. The summed E-state index contributed by atoms with van der Waals surface area (Å²) in [6.45, 7) is 13.9. The Balaban J connectivity index is 1.85. The van der Waals surface area contributed by atoms with E-state index >= 15 is 0 Å². The van der Waals surface area contributed by atoms with Crippen LogP contribution in [0.2, 0.25) is 0 Å². The molecule has 1 amide bonds. The molecule has 1 aliphatic heterocycles. The van der Waals surface area contributed by atoms with Gasteiger partial charge in [-0.05, 0) is 49.9 Å². The first kappa shape index (κ1) is 25.1. The van der Waals surface area contributed by atoms with E-state index in [1.54, 1.807) is 14.2 Å². The van der Waals surface area contributed by atoms with Crippen molar-refractivity contribution in [1.82, 2.24) is 9.80 Å². The first-order valence-electron chi connectivity index (χ1n) is 12.0. The predicted molar refractivity (Wildman–Crippen MR) is 134 cm³/mol. The lowest BCUT2D eigenvalue weighted by Crippen LogP contribution is -2.43. The first-order valence-corrected chi connectivity index (χ1v) is 12.0. The molecular formula is C28H40N2O3. The number of hydrogen-bond donors (Lipinski definition) is 0. The third-order valence-corrected chi connectivity index (χ3v) is 6.67. The van der Waals surface area contributed by atoms with Crippen molar-refractivity contribution < 1.29 is 14.3 Å². The van der Waals surface area contributed by atoms with Gasteiger partial charge in [-0.15, -0.1) is 0 Å². The van der Waals surface area contributed by atoms with E-state index in [1.807, 2.05) is 19.9 Å². The summed E-state index contributed by atoms with van der Waals surface area (Å²) in [4.78, 5) is 17.5. The molecule has 0 spiro atoms. The molecule has 3 rings (SSSR count). The number of ether oxygens (including phenoxy) is 2. The average molecular weight is 453 g/mol. The minimum absolute atomic E-state index is 0.00646. The van der Waals surface area contributed by atoms with Crippen LogP contribution in [-0.4, -0.2) is 55.6 Å². The maximum Gasteiger partial charge on any atom is 0.225 e. The van der Waals surface area contributed by atoms with E-state index in [0.717, 1.165) is 37.7 Å². The molecule has 180 valence electrons. The van der Waals surface area contributed by atoms with Crippen molar-refractivity contribution in [2.75, 3.05) is 33.9 Å². The van der Waals surface area contributed by atoms with Gasteiger partial charge in [-0.3, -0.25) is 9.69 Å². The second-order valence-corrected chi connectivity index (χ2v) is 9.93. The van der Waals surface area contributed by atoms with E-state index < -0.39 is 0 Å². The lowest BCUT2D eigenvalue weighted by atomic mass is 9.87. The quantitative estimate of drug-likeness (QED) is 0.530. The second kappa shape index (κ2) is 11.1. The summed E-state index contributed by atoms with van der Waals surface area (Å²) < 4.78 is 10.9. The van der Waals surface area contributed by atoms with Crippen LogP contribution in [-0.2, 0) is 11.3 Å². The predicted octanol–water partition coefficient (Wildman–Crippen LogP) is 5.12. The molecule has 0 unspecified atom stereocenters. The van der Waals surface area contributed by atoms with Gasteiger partial charge in [0.15, 0.2) is 0 Å². The number of aryl methyl sites for hydroxylation is 1. The molecule has 2 atom stereocenters. The lowest BCUT2D eigenvalue weighted by Gasteiger charge is -2.33. The minimum Gasteiger partial charge on any atom is -0.497 e. The third-order valence-electron chi connectivity index (χ3n) is 6.67. The Hall–Kier alpha value is -2.53. The zero-order valence-corrected chi connectivity index (χ0v) is 21.3. The Labute approximate surface area is 199 Å². The molecule has 5 heteroatoms. The van der Waals surface area contributed by atoms with Gasteiger partial charge in [0.1, 0.15) is 11.5 Å². The van der Waals surface area contributed by atoms with Crippen LogP contribution in [0, 0.1) is 18.8 Å². The van der Waals surface area contributed by atoms with Crippen LogP contribution in [0.15, 0.2) is 42.5 Å². The smallest absolute Gasteiger partial charge is 0.225 e. The molecule has 1 aliphatic rings. The molecule has 5 nitrogen and oxygen atoms in total. The summed E-state index contributed by atoms with van der Waals surface area (Å²) >= 11 is 0. The molecule has 0 saturated carbocycles.